The summed E-state index contributed by atoms with van der Waals surface area (Å²) in [6.45, 7) is 7.05. The Balaban J connectivity index is 0.00000576. The van der Waals surface area contributed by atoms with Crippen LogP contribution in [0.5, 0.6) is 0 Å². The van der Waals surface area contributed by atoms with Crippen LogP contribution in [0.3, 0.4) is 0 Å². The van der Waals surface area contributed by atoms with Crippen molar-refractivity contribution in [1.29, 1.82) is 0 Å². The zero-order chi connectivity index (χ0) is 17.7. The first-order valence-electron chi connectivity index (χ1n) is 10.4. The predicted octanol–water partition coefficient (Wildman–Crippen LogP) is 7.95. The third-order valence-corrected chi connectivity index (χ3v) is 5.75. The van der Waals surface area contributed by atoms with Crippen LogP contribution in [0.15, 0.2) is 30.3 Å². The Bertz CT molecular complexity index is 396. The minimum Gasteiger partial charge on any atom is -0.147 e. The van der Waals surface area contributed by atoms with E-state index in [0.717, 1.165) is 5.92 Å². The van der Waals surface area contributed by atoms with Crippen molar-refractivity contribution >= 4 is 28.7 Å². The Morgan fingerprint density at radius 2 is 1.28 bits per heavy atom. The fraction of sp³-hybridized carbons (Fsp3) is 0.739. The Labute approximate surface area is 172 Å². The second kappa shape index (κ2) is 15.1. The molecule has 0 bridgehead atoms. The largest absolute Gasteiger partial charge is 0.147 e. The van der Waals surface area contributed by atoms with E-state index in [1.54, 1.807) is 0 Å². The molecule has 1 aromatic carbocycles. The van der Waals surface area contributed by atoms with Gasteiger partial charge in [-0.2, -0.15) is 0 Å². The third kappa shape index (κ3) is 12.9. The van der Waals surface area contributed by atoms with E-state index < -0.39 is 0 Å². The minimum atomic E-state index is 0. The monoisotopic (exact) mass is 378 g/mol. The third-order valence-electron chi connectivity index (χ3n) is 5.28. The van der Waals surface area contributed by atoms with E-state index in [4.69, 9.17) is 0 Å². The minimum absolute atomic E-state index is 0. The van der Waals surface area contributed by atoms with Crippen LogP contribution in [-0.4, -0.2) is 16.3 Å². The summed E-state index contributed by atoms with van der Waals surface area (Å²) in [5.41, 5.74) is 1.49. The molecule has 2 radical (unpaired) electrons. The van der Waals surface area contributed by atoms with Gasteiger partial charge in [-0.05, 0) is 17.9 Å². The van der Waals surface area contributed by atoms with Gasteiger partial charge in [0.15, 0.2) is 0 Å². The molecule has 2 heteroatoms. The predicted molar refractivity (Wildman–Crippen MR) is 117 cm³/mol. The highest BCUT2D eigenvalue weighted by molar-refractivity contribution is 6.14. The first-order chi connectivity index (χ1) is 11.5. The average Bonchev–Trinajstić information content (AvgIpc) is 2.55. The molecule has 0 saturated carbocycles. The van der Waals surface area contributed by atoms with Crippen LogP contribution >= 0.6 is 12.4 Å². The highest BCUT2D eigenvalue weighted by Crippen LogP contribution is 2.37. The molecule has 0 heterocycles. The maximum atomic E-state index is 3.09. The van der Waals surface area contributed by atoms with E-state index in [9.17, 15) is 0 Å². The fourth-order valence-corrected chi connectivity index (χ4v) is 3.80. The lowest BCUT2D eigenvalue weighted by molar-refractivity contribution is 0.359. The van der Waals surface area contributed by atoms with Crippen LogP contribution in [0.2, 0.25) is 4.28 Å². The van der Waals surface area contributed by atoms with Gasteiger partial charge in [0.25, 0.3) is 0 Å². The Hall–Kier alpha value is 0.0425. The number of halogens is 1. The summed E-state index contributed by atoms with van der Waals surface area (Å²) in [6.07, 6.45) is 16.9. The highest BCUT2D eigenvalue weighted by atomic mass is 35.5. The van der Waals surface area contributed by atoms with Gasteiger partial charge < -0.3 is 0 Å². The van der Waals surface area contributed by atoms with Gasteiger partial charge in [-0.1, -0.05) is 126 Å². The van der Waals surface area contributed by atoms with Gasteiger partial charge in [-0.3, -0.25) is 0 Å². The van der Waals surface area contributed by atoms with Gasteiger partial charge in [0.1, 0.15) is 16.3 Å². The van der Waals surface area contributed by atoms with E-state index in [2.05, 4.69) is 67.4 Å². The highest BCUT2D eigenvalue weighted by Gasteiger charge is 2.22. The SMILES string of the molecule is CCCCCCCCCCCCC(Cc1ccccc1)[C](C)(C)[Al].Cl. The number of rotatable bonds is 14. The van der Waals surface area contributed by atoms with Gasteiger partial charge in [0, 0.05) is 0 Å². The van der Waals surface area contributed by atoms with E-state index in [0.29, 0.717) is 4.28 Å². The molecule has 0 spiro atoms. The molecule has 1 aromatic rings. The Kier molecular flexibility index (Phi) is 15.2. The standard InChI is InChI=1S/C23H39.Al.ClH/c1-4-5-6-7-8-9-10-11-12-16-19-23(21(2)3)20-22-17-14-13-15-18-22;;/h13-15,17-18,23H,4-12,16,19-20H2,1-3H3;;1H. The number of hydrogen-bond donors (Lipinski definition) is 0. The summed E-state index contributed by atoms with van der Waals surface area (Å²) in [6, 6.07) is 11.0. The zero-order valence-electron chi connectivity index (χ0n) is 16.9. The maximum absolute atomic E-state index is 3.09. The van der Waals surface area contributed by atoms with E-state index in [1.165, 1.54) is 82.6 Å². The van der Waals surface area contributed by atoms with Crippen LogP contribution < -0.4 is 0 Å². The Morgan fingerprint density at radius 1 is 0.800 bits per heavy atom. The summed E-state index contributed by atoms with van der Waals surface area (Å²) >= 11 is 3.09. The molecule has 0 fully saturated rings. The normalized spacial score (nSPS) is 12.6. The van der Waals surface area contributed by atoms with Crippen LogP contribution in [0.25, 0.3) is 0 Å². The van der Waals surface area contributed by atoms with Crippen molar-refractivity contribution in [3.63, 3.8) is 0 Å². The molecule has 1 rings (SSSR count). The molecule has 0 aliphatic rings. The van der Waals surface area contributed by atoms with Crippen molar-refractivity contribution in [2.24, 2.45) is 5.92 Å². The molecule has 142 valence electrons. The molecule has 1 unspecified atom stereocenters. The number of benzene rings is 1. The molecule has 0 aliphatic heterocycles. The summed E-state index contributed by atoms with van der Waals surface area (Å²) < 4.78 is 0.328. The summed E-state index contributed by atoms with van der Waals surface area (Å²) in [5, 5.41) is 0. The molecule has 0 nitrogen and oxygen atoms in total. The zero-order valence-corrected chi connectivity index (χ0v) is 18.9. The molecule has 0 aromatic heterocycles. The van der Waals surface area contributed by atoms with Crippen molar-refractivity contribution in [1.82, 2.24) is 0 Å². The van der Waals surface area contributed by atoms with Crippen LogP contribution in [-0.2, 0) is 6.42 Å². The van der Waals surface area contributed by atoms with Crippen molar-refractivity contribution in [3.8, 4) is 0 Å². The van der Waals surface area contributed by atoms with Crippen LogP contribution in [0, 0.1) is 5.92 Å². The van der Waals surface area contributed by atoms with Crippen molar-refractivity contribution in [2.45, 2.75) is 102 Å². The van der Waals surface area contributed by atoms with Gasteiger partial charge in [0.05, 0.1) is 0 Å². The molecular weight excluding hydrogens is 339 g/mol. The fourth-order valence-electron chi connectivity index (χ4n) is 3.51. The smallest absolute Gasteiger partial charge is 0.129 e. The van der Waals surface area contributed by atoms with Crippen molar-refractivity contribution in [3.05, 3.63) is 35.9 Å². The number of unbranched alkanes of at least 4 members (excludes halogenated alkanes) is 9. The quantitative estimate of drug-likeness (QED) is 0.227. The second-order valence-corrected chi connectivity index (χ2v) is 9.67. The lowest BCUT2D eigenvalue weighted by Gasteiger charge is -2.32. The summed E-state index contributed by atoms with van der Waals surface area (Å²) in [5.74, 6) is 0.763. The van der Waals surface area contributed by atoms with Crippen molar-refractivity contribution < 1.29 is 0 Å². The first kappa shape index (κ1) is 25.0. The molecule has 0 amide bonds. The molecule has 0 N–H and O–H groups in total. The topological polar surface area (TPSA) is 0 Å². The van der Waals surface area contributed by atoms with Gasteiger partial charge in [-0.25, -0.2) is 0 Å². The molecule has 0 aliphatic carbocycles. The molecule has 1 atom stereocenters. The lowest BCUT2D eigenvalue weighted by Crippen LogP contribution is -2.20. The van der Waals surface area contributed by atoms with Gasteiger partial charge in [0.2, 0.25) is 0 Å². The average molecular weight is 379 g/mol. The molecular formula is C23H40AlCl. The Morgan fingerprint density at radius 3 is 1.76 bits per heavy atom. The van der Waals surface area contributed by atoms with E-state index >= 15 is 0 Å². The summed E-state index contributed by atoms with van der Waals surface area (Å²) in [7, 11) is 0. The van der Waals surface area contributed by atoms with Crippen LogP contribution in [0.1, 0.15) is 97.0 Å². The van der Waals surface area contributed by atoms with Crippen molar-refractivity contribution in [2.75, 3.05) is 0 Å². The van der Waals surface area contributed by atoms with Gasteiger partial charge >= 0.3 is 0 Å². The lowest BCUT2D eigenvalue weighted by atomic mass is 9.84. The van der Waals surface area contributed by atoms with E-state index in [1.807, 2.05) is 0 Å². The molecule has 25 heavy (non-hydrogen) atoms. The van der Waals surface area contributed by atoms with E-state index in [-0.39, 0.29) is 12.4 Å². The molecule has 0 saturated heterocycles. The summed E-state index contributed by atoms with van der Waals surface area (Å²) in [4.78, 5) is 0. The van der Waals surface area contributed by atoms with Crippen LogP contribution in [0.4, 0.5) is 0 Å². The second-order valence-electron chi connectivity index (χ2n) is 8.18. The van der Waals surface area contributed by atoms with Gasteiger partial charge in [-0.15, -0.1) is 12.4 Å². The maximum Gasteiger partial charge on any atom is 0.129 e. The number of hydrogen-bond acceptors (Lipinski definition) is 0. The first-order valence-corrected chi connectivity index (χ1v) is 10.9.